The van der Waals surface area contributed by atoms with Crippen molar-refractivity contribution in [2.45, 2.75) is 19.0 Å². The molecule has 1 aromatic heterocycles. The Hall–Kier alpha value is -4.07. The molecular weight excluding hydrogens is 422 g/mol. The van der Waals surface area contributed by atoms with Gasteiger partial charge in [0.15, 0.2) is 11.5 Å². The highest BCUT2D eigenvalue weighted by Gasteiger charge is 2.45. The van der Waals surface area contributed by atoms with Crippen molar-refractivity contribution >= 4 is 17.4 Å². The van der Waals surface area contributed by atoms with Gasteiger partial charge in [0.05, 0.1) is 17.9 Å². The van der Waals surface area contributed by atoms with E-state index in [1.165, 1.54) is 4.90 Å². The zero-order valence-electron chi connectivity index (χ0n) is 17.9. The molecule has 3 aromatic rings. The van der Waals surface area contributed by atoms with Gasteiger partial charge < -0.3 is 24.0 Å². The summed E-state index contributed by atoms with van der Waals surface area (Å²) in [4.78, 5) is 31.7. The van der Waals surface area contributed by atoms with Crippen LogP contribution in [0.5, 0.6) is 11.5 Å². The standard InChI is InChI=1S/C25H23N3O5/c29-23(18-7-8-19-20(15-18)33-14-13-32-19)21-22(17-5-2-1-3-6-17)28(25(31)24(21)30)11-4-10-27-12-9-26-16-27/h1-3,5-9,12,15-16,22,29H,4,10-11,13-14H2/b23-21+/t22-/m0/s1. The molecule has 168 valence electrons. The van der Waals surface area contributed by atoms with E-state index in [0.717, 1.165) is 5.56 Å². The van der Waals surface area contributed by atoms with Crippen LogP contribution in [0.15, 0.2) is 72.8 Å². The number of imidazole rings is 1. The van der Waals surface area contributed by atoms with Crippen molar-refractivity contribution < 1.29 is 24.2 Å². The second-order valence-electron chi connectivity index (χ2n) is 7.92. The molecule has 0 bridgehead atoms. The number of aliphatic hydroxyl groups is 1. The van der Waals surface area contributed by atoms with Crippen LogP contribution in [0.3, 0.4) is 0 Å². The number of hydrogen-bond acceptors (Lipinski definition) is 6. The minimum Gasteiger partial charge on any atom is -0.507 e. The van der Waals surface area contributed by atoms with E-state index in [2.05, 4.69) is 4.98 Å². The SMILES string of the molecule is O=C1C(=O)N(CCCn2ccnc2)[C@@H](c2ccccc2)/C1=C(\O)c1ccc2c(c1)OCCO2. The molecular formula is C25H23N3O5. The number of aliphatic hydroxyl groups excluding tert-OH is 1. The fourth-order valence-electron chi connectivity index (χ4n) is 4.28. The summed E-state index contributed by atoms with van der Waals surface area (Å²) in [5.74, 6) is -0.461. The van der Waals surface area contributed by atoms with Crippen molar-refractivity contribution in [2.75, 3.05) is 19.8 Å². The second-order valence-corrected chi connectivity index (χ2v) is 7.92. The molecule has 0 aliphatic carbocycles. The molecule has 2 aliphatic rings. The number of amides is 1. The first-order valence-corrected chi connectivity index (χ1v) is 10.8. The van der Waals surface area contributed by atoms with Crippen molar-refractivity contribution in [1.29, 1.82) is 0 Å². The van der Waals surface area contributed by atoms with E-state index in [1.807, 2.05) is 41.1 Å². The predicted molar refractivity (Wildman–Crippen MR) is 120 cm³/mol. The van der Waals surface area contributed by atoms with Crippen LogP contribution in [0.1, 0.15) is 23.6 Å². The number of ether oxygens (including phenoxy) is 2. The summed E-state index contributed by atoms with van der Waals surface area (Å²) < 4.78 is 13.1. The van der Waals surface area contributed by atoms with Crippen molar-refractivity contribution in [3.05, 3.63) is 84.0 Å². The molecule has 1 saturated heterocycles. The summed E-state index contributed by atoms with van der Waals surface area (Å²) in [5, 5.41) is 11.2. The molecule has 1 N–H and O–H groups in total. The smallest absolute Gasteiger partial charge is 0.295 e. The van der Waals surface area contributed by atoms with Crippen molar-refractivity contribution in [1.82, 2.24) is 14.5 Å². The second kappa shape index (κ2) is 8.82. The topological polar surface area (TPSA) is 93.9 Å². The third-order valence-corrected chi connectivity index (χ3v) is 5.85. The minimum atomic E-state index is -0.695. The molecule has 2 aromatic carbocycles. The maximum Gasteiger partial charge on any atom is 0.295 e. The van der Waals surface area contributed by atoms with Gasteiger partial charge in [-0.05, 0) is 30.2 Å². The number of Topliss-reactive ketones (excluding diaryl/α,β-unsaturated/α-hetero) is 1. The first kappa shape index (κ1) is 20.8. The lowest BCUT2D eigenvalue weighted by molar-refractivity contribution is -0.139. The molecule has 2 aliphatic heterocycles. The number of carbonyl (C=O) groups excluding carboxylic acids is 2. The van der Waals surface area contributed by atoms with Gasteiger partial charge >= 0.3 is 0 Å². The minimum absolute atomic E-state index is 0.0745. The monoisotopic (exact) mass is 445 g/mol. The highest BCUT2D eigenvalue weighted by atomic mass is 16.6. The summed E-state index contributed by atoms with van der Waals surface area (Å²) in [6.07, 6.45) is 5.90. The fraction of sp³-hybridized carbons (Fsp3) is 0.240. The van der Waals surface area contributed by atoms with Crippen LogP contribution in [-0.4, -0.2) is 51.0 Å². The number of carbonyl (C=O) groups is 2. The van der Waals surface area contributed by atoms with E-state index < -0.39 is 17.7 Å². The largest absolute Gasteiger partial charge is 0.507 e. The van der Waals surface area contributed by atoms with Gasteiger partial charge in [-0.2, -0.15) is 0 Å². The number of likely N-dealkylation sites (tertiary alicyclic amines) is 1. The Kier molecular flexibility index (Phi) is 5.56. The molecule has 8 nitrogen and oxygen atoms in total. The highest BCUT2D eigenvalue weighted by Crippen LogP contribution is 2.41. The number of aromatic nitrogens is 2. The number of fused-ring (bicyclic) bond motifs is 1. The van der Waals surface area contributed by atoms with Gasteiger partial charge in [0.25, 0.3) is 11.7 Å². The van der Waals surface area contributed by atoms with Gasteiger partial charge in [0, 0.05) is 31.0 Å². The third-order valence-electron chi connectivity index (χ3n) is 5.85. The van der Waals surface area contributed by atoms with Gasteiger partial charge in [0.2, 0.25) is 0 Å². The summed E-state index contributed by atoms with van der Waals surface area (Å²) in [6.45, 7) is 1.88. The third kappa shape index (κ3) is 3.95. The average molecular weight is 445 g/mol. The maximum atomic E-state index is 13.1. The quantitative estimate of drug-likeness (QED) is 0.356. The van der Waals surface area contributed by atoms with Crippen LogP contribution in [0.4, 0.5) is 0 Å². The first-order valence-electron chi connectivity index (χ1n) is 10.8. The highest BCUT2D eigenvalue weighted by molar-refractivity contribution is 6.46. The Labute approximate surface area is 190 Å². The summed E-state index contributed by atoms with van der Waals surface area (Å²) in [6, 6.07) is 13.6. The van der Waals surface area contributed by atoms with Crippen LogP contribution in [-0.2, 0) is 16.1 Å². The summed E-state index contributed by atoms with van der Waals surface area (Å²) in [5.41, 5.74) is 1.24. The van der Waals surface area contributed by atoms with Gasteiger partial charge in [-0.3, -0.25) is 9.59 Å². The van der Waals surface area contributed by atoms with Gasteiger partial charge in [-0.25, -0.2) is 4.98 Å². The van der Waals surface area contributed by atoms with Crippen LogP contribution in [0, 0.1) is 0 Å². The molecule has 0 spiro atoms. The van der Waals surface area contributed by atoms with Crippen LogP contribution in [0.2, 0.25) is 0 Å². The first-order chi connectivity index (χ1) is 16.1. The van der Waals surface area contributed by atoms with E-state index in [4.69, 9.17) is 9.47 Å². The zero-order chi connectivity index (χ0) is 22.8. The number of rotatable bonds is 6. The molecule has 0 saturated carbocycles. The number of nitrogens with zero attached hydrogens (tertiary/aromatic N) is 3. The number of aryl methyl sites for hydroxylation is 1. The Balaban J connectivity index is 1.52. The lowest BCUT2D eigenvalue weighted by atomic mass is 9.95. The molecule has 0 radical (unpaired) electrons. The van der Waals surface area contributed by atoms with Crippen LogP contribution in [0.25, 0.3) is 5.76 Å². The molecule has 0 unspecified atom stereocenters. The Bertz CT molecular complexity index is 1200. The van der Waals surface area contributed by atoms with Gasteiger partial charge in [-0.1, -0.05) is 30.3 Å². The maximum absolute atomic E-state index is 13.1. The van der Waals surface area contributed by atoms with Gasteiger partial charge in [0.1, 0.15) is 19.0 Å². The molecule has 1 amide bonds. The Morgan fingerprint density at radius 2 is 1.82 bits per heavy atom. The van der Waals surface area contributed by atoms with Gasteiger partial charge in [-0.15, -0.1) is 0 Å². The Morgan fingerprint density at radius 1 is 1.03 bits per heavy atom. The van der Waals surface area contributed by atoms with E-state index in [1.54, 1.807) is 30.7 Å². The van der Waals surface area contributed by atoms with E-state index in [9.17, 15) is 14.7 Å². The summed E-state index contributed by atoms with van der Waals surface area (Å²) >= 11 is 0. The van der Waals surface area contributed by atoms with Crippen molar-refractivity contribution in [2.24, 2.45) is 0 Å². The lowest BCUT2D eigenvalue weighted by Crippen LogP contribution is -2.31. The molecule has 33 heavy (non-hydrogen) atoms. The number of hydrogen-bond donors (Lipinski definition) is 1. The molecule has 1 atom stereocenters. The summed E-state index contributed by atoms with van der Waals surface area (Å²) in [7, 11) is 0. The number of ketones is 1. The molecule has 5 rings (SSSR count). The van der Waals surface area contributed by atoms with Crippen molar-refractivity contribution in [3.8, 4) is 11.5 Å². The average Bonchev–Trinajstić information content (AvgIpc) is 3.46. The van der Waals surface area contributed by atoms with Crippen molar-refractivity contribution in [3.63, 3.8) is 0 Å². The van der Waals surface area contributed by atoms with Crippen LogP contribution >= 0.6 is 0 Å². The molecule has 8 heteroatoms. The van der Waals surface area contributed by atoms with E-state index >= 15 is 0 Å². The predicted octanol–water partition coefficient (Wildman–Crippen LogP) is 3.17. The molecule has 1 fully saturated rings. The van der Waals surface area contributed by atoms with E-state index in [0.29, 0.717) is 49.8 Å². The Morgan fingerprint density at radius 3 is 2.58 bits per heavy atom. The lowest BCUT2D eigenvalue weighted by Gasteiger charge is -2.25. The number of benzene rings is 2. The van der Waals surface area contributed by atoms with E-state index in [-0.39, 0.29) is 11.3 Å². The zero-order valence-corrected chi connectivity index (χ0v) is 17.9. The normalized spacial score (nSPS) is 19.2. The van der Waals surface area contributed by atoms with Crippen LogP contribution < -0.4 is 9.47 Å². The fourth-order valence-corrected chi connectivity index (χ4v) is 4.28. The molecule has 3 heterocycles.